The van der Waals surface area contributed by atoms with Gasteiger partial charge in [0, 0.05) is 11.6 Å². The number of allylic oxidation sites excluding steroid dienone is 2. The summed E-state index contributed by atoms with van der Waals surface area (Å²) < 4.78 is 16.9. The van der Waals surface area contributed by atoms with Gasteiger partial charge in [-0.05, 0) is 60.8 Å². The molecule has 125 valence electrons. The molecule has 0 N–H and O–H groups in total. The van der Waals surface area contributed by atoms with Gasteiger partial charge in [0.2, 0.25) is 0 Å². The average Bonchev–Trinajstić information content (AvgIpc) is 2.98. The topological polar surface area (TPSA) is 27.7 Å². The van der Waals surface area contributed by atoms with Crippen LogP contribution >= 0.6 is 0 Å². The Labute approximate surface area is 145 Å². The molecule has 0 atom stereocenters. The maximum atomic E-state index is 6.13. The van der Waals surface area contributed by atoms with Crippen LogP contribution in [-0.4, -0.2) is 23.3 Å². The van der Waals surface area contributed by atoms with Gasteiger partial charge in [0.15, 0.2) is 0 Å². The van der Waals surface area contributed by atoms with E-state index in [1.54, 1.807) is 14.2 Å². The first-order chi connectivity index (χ1) is 11.6. The van der Waals surface area contributed by atoms with Gasteiger partial charge in [-0.3, -0.25) is 0 Å². The lowest BCUT2D eigenvalue weighted by Gasteiger charge is -2.16. The second-order valence-corrected chi connectivity index (χ2v) is 8.15. The molecule has 0 unspecified atom stereocenters. The lowest BCUT2D eigenvalue weighted by atomic mass is 9.98. The highest BCUT2D eigenvalue weighted by Gasteiger charge is 2.20. The second kappa shape index (κ2) is 7.14. The largest absolute Gasteiger partial charge is 0.542 e. The van der Waals surface area contributed by atoms with Crippen LogP contribution in [0.1, 0.15) is 16.7 Å². The van der Waals surface area contributed by atoms with E-state index in [4.69, 9.17) is 13.9 Å². The van der Waals surface area contributed by atoms with Gasteiger partial charge < -0.3 is 13.9 Å². The number of hydrogen-bond acceptors (Lipinski definition) is 3. The van der Waals surface area contributed by atoms with Crippen molar-refractivity contribution in [3.05, 3.63) is 59.2 Å². The van der Waals surface area contributed by atoms with Crippen LogP contribution in [0.25, 0.3) is 5.57 Å². The number of rotatable bonds is 6. The van der Waals surface area contributed by atoms with Crippen LogP contribution in [0, 0.1) is 0 Å². The van der Waals surface area contributed by atoms with Crippen LogP contribution in [0.5, 0.6) is 17.2 Å². The highest BCUT2D eigenvalue weighted by molar-refractivity contribution is 6.49. The number of fused-ring (bicyclic) bond motifs is 1. The van der Waals surface area contributed by atoms with Crippen molar-refractivity contribution >= 4 is 14.6 Å². The van der Waals surface area contributed by atoms with E-state index in [9.17, 15) is 0 Å². The first-order valence-corrected chi connectivity index (χ1v) is 10.5. The molecule has 0 heterocycles. The molecule has 0 saturated carbocycles. The molecule has 0 bridgehead atoms. The van der Waals surface area contributed by atoms with Crippen LogP contribution in [0.4, 0.5) is 0 Å². The average molecular weight is 339 g/mol. The maximum absolute atomic E-state index is 6.13. The third-order valence-corrected chi connectivity index (χ3v) is 4.75. The Balaban J connectivity index is 1.92. The number of ether oxygens (including phenoxy) is 2. The van der Waals surface area contributed by atoms with Crippen LogP contribution < -0.4 is 13.9 Å². The molecule has 3 nitrogen and oxygen atoms in total. The lowest BCUT2D eigenvalue weighted by molar-refractivity contribution is 0.393. The van der Waals surface area contributed by atoms with Crippen molar-refractivity contribution in [2.45, 2.75) is 25.9 Å². The van der Waals surface area contributed by atoms with Gasteiger partial charge in [0.25, 0.3) is 9.04 Å². The van der Waals surface area contributed by atoms with Crippen molar-refractivity contribution in [1.29, 1.82) is 0 Å². The van der Waals surface area contributed by atoms with Crippen molar-refractivity contribution in [2.75, 3.05) is 14.2 Å². The Morgan fingerprint density at radius 1 is 1.00 bits per heavy atom. The molecule has 1 aliphatic carbocycles. The van der Waals surface area contributed by atoms with E-state index >= 15 is 0 Å². The van der Waals surface area contributed by atoms with Crippen molar-refractivity contribution in [3.8, 4) is 17.2 Å². The molecule has 0 saturated heterocycles. The fourth-order valence-corrected chi connectivity index (χ4v) is 3.71. The van der Waals surface area contributed by atoms with Gasteiger partial charge in [-0.15, -0.1) is 0 Å². The van der Waals surface area contributed by atoms with E-state index in [0.717, 1.165) is 30.1 Å². The van der Waals surface area contributed by atoms with Gasteiger partial charge in [0.1, 0.15) is 17.2 Å². The summed E-state index contributed by atoms with van der Waals surface area (Å²) in [5.74, 6) is 2.66. The number of methoxy groups -OCH3 is 2. The quantitative estimate of drug-likeness (QED) is 0.725. The van der Waals surface area contributed by atoms with E-state index in [0.29, 0.717) is 0 Å². The molecular weight excluding hydrogens is 316 g/mol. The van der Waals surface area contributed by atoms with Crippen molar-refractivity contribution in [2.24, 2.45) is 0 Å². The predicted molar refractivity (Wildman–Crippen MR) is 99.5 cm³/mol. The summed E-state index contributed by atoms with van der Waals surface area (Å²) >= 11 is 0. The van der Waals surface area contributed by atoms with Crippen molar-refractivity contribution < 1.29 is 13.9 Å². The summed E-state index contributed by atoms with van der Waals surface area (Å²) in [6.45, 7) is 4.32. The highest BCUT2D eigenvalue weighted by atomic mass is 28.3. The smallest absolute Gasteiger partial charge is 0.274 e. The summed E-state index contributed by atoms with van der Waals surface area (Å²) in [7, 11) is 2.57. The standard InChI is InChI=1S/C20H23O3Si/c1-21-17-11-14(12-18(13-17)22-2)10-16-9-8-15-6-5-7-19(20(15)16)23-24(3)4/h5-7,9,11-13H,8,10H2,1-4H3. The van der Waals surface area contributed by atoms with Gasteiger partial charge >= 0.3 is 0 Å². The van der Waals surface area contributed by atoms with E-state index in [2.05, 4.69) is 49.5 Å². The molecule has 0 fully saturated rings. The summed E-state index contributed by atoms with van der Waals surface area (Å²) in [4.78, 5) is 0. The Morgan fingerprint density at radius 2 is 1.71 bits per heavy atom. The van der Waals surface area contributed by atoms with Gasteiger partial charge in [0.05, 0.1) is 14.2 Å². The molecule has 1 aliphatic rings. The van der Waals surface area contributed by atoms with E-state index in [1.807, 2.05) is 6.07 Å². The van der Waals surface area contributed by atoms with Crippen LogP contribution in [0.2, 0.25) is 13.1 Å². The van der Waals surface area contributed by atoms with Crippen LogP contribution in [0.3, 0.4) is 0 Å². The Kier molecular flexibility index (Phi) is 4.95. The Hall–Kier alpha value is -2.20. The number of hydrogen-bond donors (Lipinski definition) is 0. The van der Waals surface area contributed by atoms with Gasteiger partial charge in [-0.2, -0.15) is 0 Å². The number of benzene rings is 2. The molecule has 2 aromatic carbocycles. The minimum Gasteiger partial charge on any atom is -0.542 e. The Bertz CT molecular complexity index is 743. The van der Waals surface area contributed by atoms with E-state index < -0.39 is 9.04 Å². The minimum absolute atomic E-state index is 0.791. The normalized spacial score (nSPS) is 12.8. The highest BCUT2D eigenvalue weighted by Crippen LogP contribution is 2.38. The van der Waals surface area contributed by atoms with Crippen LogP contribution in [-0.2, 0) is 12.8 Å². The molecule has 1 radical (unpaired) electrons. The maximum Gasteiger partial charge on any atom is 0.274 e. The first-order valence-electron chi connectivity index (χ1n) is 8.12. The zero-order chi connectivity index (χ0) is 17.1. The van der Waals surface area contributed by atoms with E-state index in [-0.39, 0.29) is 0 Å². The molecule has 0 aliphatic heterocycles. The molecule has 0 aromatic heterocycles. The Morgan fingerprint density at radius 3 is 2.33 bits per heavy atom. The molecule has 2 aromatic rings. The molecule has 3 rings (SSSR count). The first kappa shape index (κ1) is 16.6. The second-order valence-electron chi connectivity index (χ2n) is 6.13. The van der Waals surface area contributed by atoms with Gasteiger partial charge in [-0.1, -0.05) is 18.2 Å². The molecule has 24 heavy (non-hydrogen) atoms. The third-order valence-electron chi connectivity index (χ3n) is 4.12. The summed E-state index contributed by atoms with van der Waals surface area (Å²) in [5, 5.41) is 0. The molecular formula is C20H23O3Si. The summed E-state index contributed by atoms with van der Waals surface area (Å²) in [5.41, 5.74) is 5.11. The monoisotopic (exact) mass is 339 g/mol. The van der Waals surface area contributed by atoms with Crippen molar-refractivity contribution in [3.63, 3.8) is 0 Å². The van der Waals surface area contributed by atoms with E-state index in [1.165, 1.54) is 22.3 Å². The molecule has 0 amide bonds. The van der Waals surface area contributed by atoms with Crippen molar-refractivity contribution in [1.82, 2.24) is 0 Å². The molecule has 4 heteroatoms. The third kappa shape index (κ3) is 3.49. The minimum atomic E-state index is -0.791. The summed E-state index contributed by atoms with van der Waals surface area (Å²) in [6, 6.07) is 12.4. The molecule has 0 spiro atoms. The summed E-state index contributed by atoms with van der Waals surface area (Å²) in [6.07, 6.45) is 4.12. The lowest BCUT2D eigenvalue weighted by Crippen LogP contribution is -2.12. The SMILES string of the molecule is COc1cc(CC2=CCc3cccc(O[Si](C)C)c32)cc(OC)c1. The predicted octanol–water partition coefficient (Wildman–Crippen LogP) is 4.52. The fraction of sp³-hybridized carbons (Fsp3) is 0.300. The fourth-order valence-electron chi connectivity index (χ4n) is 3.10. The van der Waals surface area contributed by atoms with Crippen LogP contribution in [0.15, 0.2) is 42.5 Å². The zero-order valence-corrected chi connectivity index (χ0v) is 15.7. The van der Waals surface area contributed by atoms with Gasteiger partial charge in [-0.25, -0.2) is 0 Å². The zero-order valence-electron chi connectivity index (χ0n) is 14.7.